The number of carbonyl (C=O) groups excluding carboxylic acids is 1. The first-order valence-electron chi connectivity index (χ1n) is 8.03. The highest BCUT2D eigenvalue weighted by atomic mass is 16.5. The quantitative estimate of drug-likeness (QED) is 0.684. The largest absolute Gasteiger partial charge is 0.483 e. The normalized spacial score (nSPS) is 12.1. The number of hydrogen-bond donors (Lipinski definition) is 2. The third-order valence-corrected chi connectivity index (χ3v) is 3.75. The molecule has 7 heteroatoms. The number of nitrogens with zero attached hydrogens (tertiary/aromatic N) is 2. The molecule has 3 rings (SSSR count). The van der Waals surface area contributed by atoms with Crippen LogP contribution in [0.2, 0.25) is 0 Å². The molecule has 0 saturated carbocycles. The van der Waals surface area contributed by atoms with Crippen molar-refractivity contribution in [2.45, 2.75) is 26.1 Å². The van der Waals surface area contributed by atoms with Crippen LogP contribution in [0.5, 0.6) is 5.75 Å². The van der Waals surface area contributed by atoms with Gasteiger partial charge in [0.2, 0.25) is 5.89 Å². The van der Waals surface area contributed by atoms with Crippen molar-refractivity contribution in [3.63, 3.8) is 0 Å². The number of aliphatic hydroxyl groups excluding tert-OH is 1. The Labute approximate surface area is 144 Å². The number of ether oxygens (including phenoxy) is 1. The van der Waals surface area contributed by atoms with Gasteiger partial charge in [-0.15, -0.1) is 0 Å². The monoisotopic (exact) mass is 341 g/mol. The first kappa shape index (κ1) is 16.9. The lowest BCUT2D eigenvalue weighted by Crippen LogP contribution is -2.31. The lowest BCUT2D eigenvalue weighted by molar-refractivity contribution is 0.0909. The lowest BCUT2D eigenvalue weighted by Gasteiger charge is -2.07. The van der Waals surface area contributed by atoms with E-state index in [1.165, 1.54) is 6.26 Å². The third-order valence-electron chi connectivity index (χ3n) is 3.75. The Hall–Kier alpha value is -2.93. The van der Waals surface area contributed by atoms with Gasteiger partial charge in [0.15, 0.2) is 12.3 Å². The number of carbonyl (C=O) groups is 1. The number of benzene rings is 1. The summed E-state index contributed by atoms with van der Waals surface area (Å²) in [5.41, 5.74) is 0.157. The van der Waals surface area contributed by atoms with E-state index in [1.54, 1.807) is 12.4 Å². The van der Waals surface area contributed by atoms with Gasteiger partial charge in [0.25, 0.3) is 5.91 Å². The van der Waals surface area contributed by atoms with Crippen molar-refractivity contribution in [2.75, 3.05) is 6.54 Å². The molecule has 0 radical (unpaired) electrons. The minimum Gasteiger partial charge on any atom is -0.483 e. The second-order valence-electron chi connectivity index (χ2n) is 5.54. The summed E-state index contributed by atoms with van der Waals surface area (Å²) in [4.78, 5) is 20.1. The molecule has 3 aromatic rings. The van der Waals surface area contributed by atoms with E-state index in [4.69, 9.17) is 9.15 Å². The van der Waals surface area contributed by atoms with Crippen molar-refractivity contribution >= 4 is 16.7 Å². The Kier molecular flexibility index (Phi) is 5.25. The topological polar surface area (TPSA) is 97.5 Å². The number of oxazole rings is 1. The van der Waals surface area contributed by atoms with E-state index >= 15 is 0 Å². The third kappa shape index (κ3) is 4.13. The van der Waals surface area contributed by atoms with E-state index in [0.717, 1.165) is 10.8 Å². The van der Waals surface area contributed by atoms with Crippen LogP contribution in [0.4, 0.5) is 0 Å². The maximum atomic E-state index is 11.9. The van der Waals surface area contributed by atoms with Crippen LogP contribution in [0.25, 0.3) is 10.8 Å². The summed E-state index contributed by atoms with van der Waals surface area (Å²) in [6.45, 7) is 2.12. The molecule has 1 unspecified atom stereocenters. The summed E-state index contributed by atoms with van der Waals surface area (Å²) in [6.07, 6.45) is 4.74. The molecule has 7 nitrogen and oxygen atoms in total. The van der Waals surface area contributed by atoms with E-state index in [9.17, 15) is 9.90 Å². The minimum atomic E-state index is -0.570. The summed E-state index contributed by atoms with van der Waals surface area (Å²) < 4.78 is 11.0. The predicted octanol–water partition coefficient (Wildman–Crippen LogP) is 2.30. The number of amides is 1. The first-order chi connectivity index (χ1) is 12.2. The average molecular weight is 341 g/mol. The first-order valence-corrected chi connectivity index (χ1v) is 8.03. The molecule has 0 saturated heterocycles. The summed E-state index contributed by atoms with van der Waals surface area (Å²) in [5.74, 6) is 0.598. The molecule has 0 aliphatic heterocycles. The number of rotatable bonds is 7. The van der Waals surface area contributed by atoms with Gasteiger partial charge in [0.1, 0.15) is 12.0 Å². The predicted molar refractivity (Wildman–Crippen MR) is 91.2 cm³/mol. The smallest absolute Gasteiger partial charge is 0.273 e. The molecular weight excluding hydrogens is 322 g/mol. The van der Waals surface area contributed by atoms with Crippen molar-refractivity contribution in [3.05, 3.63) is 54.5 Å². The second-order valence-corrected chi connectivity index (χ2v) is 5.54. The molecule has 2 aromatic heterocycles. The van der Waals surface area contributed by atoms with E-state index in [0.29, 0.717) is 18.1 Å². The van der Waals surface area contributed by atoms with Gasteiger partial charge in [-0.25, -0.2) is 4.98 Å². The Balaban J connectivity index is 1.62. The lowest BCUT2D eigenvalue weighted by atomic mass is 10.1. The molecule has 1 aromatic carbocycles. The molecule has 0 aliphatic rings. The van der Waals surface area contributed by atoms with Gasteiger partial charge in [-0.1, -0.05) is 19.1 Å². The van der Waals surface area contributed by atoms with Crippen molar-refractivity contribution in [2.24, 2.45) is 0 Å². The molecule has 1 atom stereocenters. The summed E-state index contributed by atoms with van der Waals surface area (Å²) in [5, 5.41) is 14.0. The van der Waals surface area contributed by atoms with Gasteiger partial charge in [-0.05, 0) is 18.6 Å². The van der Waals surface area contributed by atoms with E-state index in [-0.39, 0.29) is 18.8 Å². The van der Waals surface area contributed by atoms with Gasteiger partial charge in [-0.3, -0.25) is 9.78 Å². The summed E-state index contributed by atoms with van der Waals surface area (Å²) >= 11 is 0. The van der Waals surface area contributed by atoms with Crippen molar-refractivity contribution in [3.8, 4) is 5.75 Å². The van der Waals surface area contributed by atoms with Crippen LogP contribution < -0.4 is 10.1 Å². The number of nitrogens with one attached hydrogen (secondary N) is 1. The molecule has 0 aliphatic carbocycles. The van der Waals surface area contributed by atoms with Crippen molar-refractivity contribution in [1.82, 2.24) is 15.3 Å². The number of aromatic nitrogens is 2. The molecular formula is C18H19N3O4. The molecule has 25 heavy (non-hydrogen) atoms. The fourth-order valence-electron chi connectivity index (χ4n) is 2.29. The molecule has 0 bridgehead atoms. The Morgan fingerprint density at radius 2 is 2.28 bits per heavy atom. The van der Waals surface area contributed by atoms with Gasteiger partial charge in [-0.2, -0.15) is 0 Å². The highest BCUT2D eigenvalue weighted by molar-refractivity contribution is 5.91. The van der Waals surface area contributed by atoms with Gasteiger partial charge in [0.05, 0.1) is 6.10 Å². The summed E-state index contributed by atoms with van der Waals surface area (Å²) in [6, 6.07) is 7.56. The zero-order chi connectivity index (χ0) is 17.6. The number of hydrogen-bond acceptors (Lipinski definition) is 6. The highest BCUT2D eigenvalue weighted by Gasteiger charge is 2.14. The second kappa shape index (κ2) is 7.76. The van der Waals surface area contributed by atoms with Crippen LogP contribution in [0.3, 0.4) is 0 Å². The molecule has 130 valence electrons. The fourth-order valence-corrected chi connectivity index (χ4v) is 2.29. The van der Waals surface area contributed by atoms with E-state index in [2.05, 4.69) is 15.3 Å². The number of pyridine rings is 1. The van der Waals surface area contributed by atoms with Crippen LogP contribution in [0.1, 0.15) is 29.7 Å². The van der Waals surface area contributed by atoms with Crippen molar-refractivity contribution < 1.29 is 19.1 Å². The number of fused-ring (bicyclic) bond motifs is 1. The van der Waals surface area contributed by atoms with Crippen molar-refractivity contribution in [1.29, 1.82) is 0 Å². The standard InChI is InChI=1S/C18H19N3O4/c1-2-13(22)9-20-18(23)15-10-25-17(21-15)11-24-16-5-3-4-12-8-19-7-6-14(12)16/h3-8,10,13,22H,2,9,11H2,1H3,(H,20,23). The Morgan fingerprint density at radius 1 is 1.40 bits per heavy atom. The molecule has 0 spiro atoms. The SMILES string of the molecule is CCC(O)CNC(=O)c1coc(COc2cccc3cnccc23)n1. The molecule has 0 fully saturated rings. The average Bonchev–Trinajstić information content (AvgIpc) is 3.13. The number of aliphatic hydroxyl groups is 1. The zero-order valence-electron chi connectivity index (χ0n) is 13.8. The van der Waals surface area contributed by atoms with E-state index in [1.807, 2.05) is 31.2 Å². The fraction of sp³-hybridized carbons (Fsp3) is 0.278. The molecule has 1 amide bonds. The van der Waals surface area contributed by atoms with Crippen LogP contribution in [-0.2, 0) is 6.61 Å². The van der Waals surface area contributed by atoms with Crippen LogP contribution in [-0.4, -0.2) is 33.6 Å². The summed E-state index contributed by atoms with van der Waals surface area (Å²) in [7, 11) is 0. The van der Waals surface area contributed by atoms with Crippen LogP contribution in [0, 0.1) is 0 Å². The zero-order valence-corrected chi connectivity index (χ0v) is 13.8. The maximum Gasteiger partial charge on any atom is 0.273 e. The Bertz CT molecular complexity index is 857. The molecule has 2 heterocycles. The van der Waals surface area contributed by atoms with Crippen LogP contribution in [0.15, 0.2) is 47.3 Å². The Morgan fingerprint density at radius 3 is 3.12 bits per heavy atom. The van der Waals surface area contributed by atoms with Gasteiger partial charge >= 0.3 is 0 Å². The highest BCUT2D eigenvalue weighted by Crippen LogP contribution is 2.25. The van der Waals surface area contributed by atoms with Crippen LogP contribution >= 0.6 is 0 Å². The minimum absolute atomic E-state index is 0.103. The van der Waals surface area contributed by atoms with Gasteiger partial charge < -0.3 is 19.6 Å². The van der Waals surface area contributed by atoms with Gasteiger partial charge in [0, 0.05) is 29.7 Å². The maximum absolute atomic E-state index is 11.9. The van der Waals surface area contributed by atoms with E-state index < -0.39 is 12.0 Å². The molecule has 2 N–H and O–H groups in total.